The van der Waals surface area contributed by atoms with Gasteiger partial charge in [0.2, 0.25) is 0 Å². The average Bonchev–Trinajstić information content (AvgIpc) is 2.81. The maximum atomic E-state index is 11.9. The van der Waals surface area contributed by atoms with E-state index in [1.165, 1.54) is 0 Å². The van der Waals surface area contributed by atoms with E-state index in [9.17, 15) is 9.59 Å². The normalized spacial score (nSPS) is 23.9. The quantitative estimate of drug-likeness (QED) is 0.745. The summed E-state index contributed by atoms with van der Waals surface area (Å²) in [7, 11) is 0. The lowest BCUT2D eigenvalue weighted by Gasteiger charge is -2.38. The van der Waals surface area contributed by atoms with Crippen molar-refractivity contribution in [2.45, 2.75) is 38.8 Å². The van der Waals surface area contributed by atoms with Gasteiger partial charge in [-0.05, 0) is 18.8 Å². The van der Waals surface area contributed by atoms with Crippen molar-refractivity contribution in [2.24, 2.45) is 5.92 Å². The number of piperidine rings is 1. The van der Waals surface area contributed by atoms with Crippen LogP contribution in [0.1, 0.15) is 26.7 Å². The fourth-order valence-electron chi connectivity index (χ4n) is 2.85. The van der Waals surface area contributed by atoms with Gasteiger partial charge in [0.15, 0.2) is 0 Å². The molecule has 2 heterocycles. The SMILES string of the molecule is C=COC(=O)N1CCC(N2C(=O)OCC2C(C)C)CC1. The van der Waals surface area contributed by atoms with Gasteiger partial charge >= 0.3 is 12.2 Å². The third-order valence-electron chi connectivity index (χ3n) is 4.02. The summed E-state index contributed by atoms with van der Waals surface area (Å²) in [4.78, 5) is 27.0. The van der Waals surface area contributed by atoms with Crippen LogP contribution in [0.3, 0.4) is 0 Å². The summed E-state index contributed by atoms with van der Waals surface area (Å²) < 4.78 is 9.94. The highest BCUT2D eigenvalue weighted by molar-refractivity contribution is 5.71. The molecule has 6 heteroatoms. The number of amides is 2. The van der Waals surface area contributed by atoms with Crippen LogP contribution in [0, 0.1) is 5.92 Å². The smallest absolute Gasteiger partial charge is 0.414 e. The van der Waals surface area contributed by atoms with Crippen molar-refractivity contribution in [3.63, 3.8) is 0 Å². The summed E-state index contributed by atoms with van der Waals surface area (Å²) in [6, 6.07) is 0.282. The van der Waals surface area contributed by atoms with E-state index >= 15 is 0 Å². The van der Waals surface area contributed by atoms with Crippen molar-refractivity contribution in [2.75, 3.05) is 19.7 Å². The van der Waals surface area contributed by atoms with Crippen LogP contribution in [0.4, 0.5) is 9.59 Å². The van der Waals surface area contributed by atoms with Gasteiger partial charge in [-0.15, -0.1) is 0 Å². The van der Waals surface area contributed by atoms with Crippen LogP contribution in [0.2, 0.25) is 0 Å². The molecule has 20 heavy (non-hydrogen) atoms. The van der Waals surface area contributed by atoms with Gasteiger partial charge in [-0.3, -0.25) is 4.90 Å². The van der Waals surface area contributed by atoms with E-state index in [0.717, 1.165) is 19.1 Å². The van der Waals surface area contributed by atoms with E-state index in [-0.39, 0.29) is 24.3 Å². The Kier molecular flexibility index (Phi) is 4.52. The Hall–Kier alpha value is -1.72. The Morgan fingerprint density at radius 2 is 2.10 bits per heavy atom. The molecule has 6 nitrogen and oxygen atoms in total. The summed E-state index contributed by atoms with van der Waals surface area (Å²) in [5, 5.41) is 0. The summed E-state index contributed by atoms with van der Waals surface area (Å²) in [6.45, 7) is 9.21. The van der Waals surface area contributed by atoms with E-state index in [4.69, 9.17) is 9.47 Å². The molecule has 112 valence electrons. The average molecular weight is 282 g/mol. The Bertz CT molecular complexity index is 389. The lowest BCUT2D eigenvalue weighted by atomic mass is 9.98. The first-order valence-corrected chi connectivity index (χ1v) is 7.06. The molecular formula is C14H22N2O4. The molecule has 0 saturated carbocycles. The molecule has 0 spiro atoms. The van der Waals surface area contributed by atoms with Gasteiger partial charge in [0, 0.05) is 19.1 Å². The second-order valence-corrected chi connectivity index (χ2v) is 5.56. The van der Waals surface area contributed by atoms with Crippen molar-refractivity contribution in [1.29, 1.82) is 0 Å². The molecule has 2 aliphatic rings. The molecule has 0 radical (unpaired) electrons. The molecule has 1 atom stereocenters. The van der Waals surface area contributed by atoms with Crippen molar-refractivity contribution >= 4 is 12.2 Å². The molecule has 0 bridgehead atoms. The number of hydrogen-bond donors (Lipinski definition) is 0. The zero-order valence-corrected chi connectivity index (χ0v) is 12.1. The molecule has 2 amide bonds. The molecule has 0 aromatic rings. The van der Waals surface area contributed by atoms with Crippen LogP contribution >= 0.6 is 0 Å². The number of likely N-dealkylation sites (tertiary alicyclic amines) is 1. The molecule has 2 saturated heterocycles. The molecule has 1 unspecified atom stereocenters. The second-order valence-electron chi connectivity index (χ2n) is 5.56. The number of cyclic esters (lactones) is 1. The van der Waals surface area contributed by atoms with E-state index < -0.39 is 0 Å². The summed E-state index contributed by atoms with van der Waals surface area (Å²) in [6.07, 6.45) is 2.05. The van der Waals surface area contributed by atoms with Crippen LogP contribution in [0.15, 0.2) is 12.8 Å². The fraction of sp³-hybridized carbons (Fsp3) is 0.714. The molecule has 2 rings (SSSR count). The first kappa shape index (κ1) is 14.7. The van der Waals surface area contributed by atoms with E-state index in [0.29, 0.717) is 25.6 Å². The number of nitrogens with zero attached hydrogens (tertiary/aromatic N) is 2. The first-order chi connectivity index (χ1) is 9.54. The lowest BCUT2D eigenvalue weighted by molar-refractivity contribution is 0.0877. The molecule has 0 aromatic heterocycles. The van der Waals surface area contributed by atoms with E-state index in [2.05, 4.69) is 20.4 Å². The van der Waals surface area contributed by atoms with Crippen LogP contribution in [-0.2, 0) is 9.47 Å². The predicted octanol–water partition coefficient (Wildman–Crippen LogP) is 2.21. The maximum absolute atomic E-state index is 11.9. The molecule has 2 aliphatic heterocycles. The van der Waals surface area contributed by atoms with Crippen molar-refractivity contribution in [3.8, 4) is 0 Å². The third kappa shape index (κ3) is 2.89. The highest BCUT2D eigenvalue weighted by Gasteiger charge is 2.41. The number of carbonyl (C=O) groups is 2. The van der Waals surface area contributed by atoms with Crippen LogP contribution in [-0.4, -0.2) is 53.8 Å². The zero-order valence-electron chi connectivity index (χ0n) is 12.1. The van der Waals surface area contributed by atoms with Gasteiger partial charge in [0.05, 0.1) is 12.3 Å². The Balaban J connectivity index is 1.94. The van der Waals surface area contributed by atoms with Crippen molar-refractivity contribution in [1.82, 2.24) is 9.80 Å². The summed E-state index contributed by atoms with van der Waals surface area (Å²) in [5.41, 5.74) is 0. The van der Waals surface area contributed by atoms with Crippen LogP contribution < -0.4 is 0 Å². The maximum Gasteiger partial charge on any atom is 0.414 e. The Morgan fingerprint density at radius 1 is 1.45 bits per heavy atom. The number of ether oxygens (including phenoxy) is 2. The van der Waals surface area contributed by atoms with Crippen LogP contribution in [0.25, 0.3) is 0 Å². The second kappa shape index (κ2) is 6.15. The van der Waals surface area contributed by atoms with Crippen molar-refractivity contribution < 1.29 is 19.1 Å². The lowest BCUT2D eigenvalue weighted by Crippen LogP contribution is -2.50. The van der Waals surface area contributed by atoms with Gasteiger partial charge in [-0.2, -0.15) is 0 Å². The largest absolute Gasteiger partial charge is 0.447 e. The fourth-order valence-corrected chi connectivity index (χ4v) is 2.85. The molecule has 0 aliphatic carbocycles. The Morgan fingerprint density at radius 3 is 2.65 bits per heavy atom. The van der Waals surface area contributed by atoms with Gasteiger partial charge in [-0.1, -0.05) is 20.4 Å². The number of hydrogen-bond acceptors (Lipinski definition) is 4. The number of rotatable bonds is 3. The minimum Gasteiger partial charge on any atom is -0.447 e. The molecule has 0 N–H and O–H groups in total. The standard InChI is InChI=1S/C14H22N2O4/c1-4-19-13(17)15-7-5-11(6-8-15)16-12(10(2)3)9-20-14(16)18/h4,10-12H,1,5-9H2,2-3H3. The van der Waals surface area contributed by atoms with Gasteiger partial charge < -0.3 is 14.4 Å². The van der Waals surface area contributed by atoms with Gasteiger partial charge in [-0.25, -0.2) is 9.59 Å². The van der Waals surface area contributed by atoms with E-state index in [1.54, 1.807) is 4.90 Å². The minimum absolute atomic E-state index is 0.138. The van der Waals surface area contributed by atoms with Gasteiger partial charge in [0.25, 0.3) is 0 Å². The zero-order chi connectivity index (χ0) is 14.7. The summed E-state index contributed by atoms with van der Waals surface area (Å²) in [5.74, 6) is 0.366. The molecular weight excluding hydrogens is 260 g/mol. The van der Waals surface area contributed by atoms with Crippen molar-refractivity contribution in [3.05, 3.63) is 12.8 Å². The molecule has 0 aromatic carbocycles. The van der Waals surface area contributed by atoms with Gasteiger partial charge in [0.1, 0.15) is 6.61 Å². The monoisotopic (exact) mass is 282 g/mol. The Labute approximate surface area is 119 Å². The third-order valence-corrected chi connectivity index (χ3v) is 4.02. The highest BCUT2D eigenvalue weighted by Crippen LogP contribution is 2.27. The first-order valence-electron chi connectivity index (χ1n) is 7.06. The topological polar surface area (TPSA) is 59.1 Å². The number of carbonyl (C=O) groups excluding carboxylic acids is 2. The summed E-state index contributed by atoms with van der Waals surface area (Å²) >= 11 is 0. The molecule has 2 fully saturated rings. The van der Waals surface area contributed by atoms with E-state index in [1.807, 2.05) is 4.90 Å². The van der Waals surface area contributed by atoms with Crippen LogP contribution in [0.5, 0.6) is 0 Å². The minimum atomic E-state index is -0.372. The predicted molar refractivity (Wildman–Crippen MR) is 73.1 cm³/mol. The highest BCUT2D eigenvalue weighted by atomic mass is 16.6.